The van der Waals surface area contributed by atoms with E-state index in [-0.39, 0.29) is 12.2 Å². The van der Waals surface area contributed by atoms with Crippen molar-refractivity contribution >= 4 is 0 Å². The molecule has 0 aromatic rings. The molecule has 3 heteroatoms. The monoisotopic (exact) mass is 218 g/mol. The summed E-state index contributed by atoms with van der Waals surface area (Å²) in [6, 6.07) is 0. The fourth-order valence-corrected chi connectivity index (χ4v) is 1.60. The Morgan fingerprint density at radius 3 is 2.33 bits per heavy atom. The van der Waals surface area contributed by atoms with Gasteiger partial charge in [-0.05, 0) is 26.7 Å². The zero-order valence-electron chi connectivity index (χ0n) is 10.5. The van der Waals surface area contributed by atoms with Gasteiger partial charge in [0.2, 0.25) is 0 Å². The lowest BCUT2D eigenvalue weighted by Crippen LogP contribution is -2.28. The Bertz CT molecular complexity index is 139. The summed E-state index contributed by atoms with van der Waals surface area (Å²) in [5.41, 5.74) is 0. The number of rotatable bonds is 9. The summed E-state index contributed by atoms with van der Waals surface area (Å²) in [6.07, 6.45) is 3.25. The van der Waals surface area contributed by atoms with Crippen LogP contribution >= 0.6 is 0 Å². The molecule has 92 valence electrons. The normalized spacial score (nSPS) is 17.4. The SMILES string of the molecule is CCCCC(CC)C(O)OC(C)OCC. The largest absolute Gasteiger partial charge is 0.368 e. The minimum absolute atomic E-state index is 0.229. The molecular weight excluding hydrogens is 192 g/mol. The molecule has 0 radical (unpaired) electrons. The predicted molar refractivity (Wildman–Crippen MR) is 61.5 cm³/mol. The molecule has 0 bridgehead atoms. The second kappa shape index (κ2) is 9.13. The summed E-state index contributed by atoms with van der Waals surface area (Å²) in [5.74, 6) is 0.229. The minimum Gasteiger partial charge on any atom is -0.368 e. The van der Waals surface area contributed by atoms with E-state index in [9.17, 15) is 5.11 Å². The molecule has 1 N–H and O–H groups in total. The Hall–Kier alpha value is -0.120. The zero-order chi connectivity index (χ0) is 11.7. The Morgan fingerprint density at radius 1 is 1.20 bits per heavy atom. The van der Waals surface area contributed by atoms with E-state index in [0.717, 1.165) is 25.7 Å². The van der Waals surface area contributed by atoms with Crippen LogP contribution in [0.15, 0.2) is 0 Å². The van der Waals surface area contributed by atoms with Crippen LogP contribution in [0, 0.1) is 5.92 Å². The third kappa shape index (κ3) is 6.88. The van der Waals surface area contributed by atoms with Crippen molar-refractivity contribution in [1.82, 2.24) is 0 Å². The van der Waals surface area contributed by atoms with Crippen molar-refractivity contribution in [1.29, 1.82) is 0 Å². The first-order valence-electron chi connectivity index (χ1n) is 6.10. The lowest BCUT2D eigenvalue weighted by Gasteiger charge is -2.24. The van der Waals surface area contributed by atoms with E-state index in [0.29, 0.717) is 6.61 Å². The van der Waals surface area contributed by atoms with Crippen LogP contribution in [0.5, 0.6) is 0 Å². The summed E-state index contributed by atoms with van der Waals surface area (Å²) in [7, 11) is 0. The molecule has 0 aliphatic rings. The summed E-state index contributed by atoms with van der Waals surface area (Å²) < 4.78 is 10.6. The molecule has 0 heterocycles. The molecule has 3 atom stereocenters. The van der Waals surface area contributed by atoms with Gasteiger partial charge in [0.15, 0.2) is 12.6 Å². The van der Waals surface area contributed by atoms with Crippen LogP contribution in [0.3, 0.4) is 0 Å². The van der Waals surface area contributed by atoms with Crippen molar-refractivity contribution in [3.8, 4) is 0 Å². The van der Waals surface area contributed by atoms with Crippen LogP contribution < -0.4 is 0 Å². The van der Waals surface area contributed by atoms with Crippen LogP contribution in [0.2, 0.25) is 0 Å². The molecule has 0 fully saturated rings. The molecule has 0 aliphatic heterocycles. The lowest BCUT2D eigenvalue weighted by atomic mass is 9.99. The third-order valence-electron chi connectivity index (χ3n) is 2.59. The minimum atomic E-state index is -0.692. The van der Waals surface area contributed by atoms with Gasteiger partial charge in [0.1, 0.15) is 0 Å². The maximum atomic E-state index is 9.83. The van der Waals surface area contributed by atoms with E-state index in [2.05, 4.69) is 13.8 Å². The van der Waals surface area contributed by atoms with Crippen molar-refractivity contribution in [3.05, 3.63) is 0 Å². The second-order valence-electron chi connectivity index (χ2n) is 3.86. The average molecular weight is 218 g/mol. The standard InChI is InChI=1S/C12H26O3/c1-5-8-9-11(6-2)12(13)15-10(4)14-7-3/h10-13H,5-9H2,1-4H3. The Balaban J connectivity index is 3.85. The van der Waals surface area contributed by atoms with Crippen LogP contribution in [0.1, 0.15) is 53.4 Å². The highest BCUT2D eigenvalue weighted by molar-refractivity contribution is 4.60. The maximum absolute atomic E-state index is 9.83. The number of unbranched alkanes of at least 4 members (excludes halogenated alkanes) is 1. The third-order valence-corrected chi connectivity index (χ3v) is 2.59. The summed E-state index contributed by atoms with van der Waals surface area (Å²) in [5, 5.41) is 9.83. The predicted octanol–water partition coefficient (Wildman–Crippen LogP) is 2.92. The molecule has 3 nitrogen and oxygen atoms in total. The number of ether oxygens (including phenoxy) is 2. The molecule has 0 saturated carbocycles. The van der Waals surface area contributed by atoms with Crippen LogP contribution in [0.4, 0.5) is 0 Å². The van der Waals surface area contributed by atoms with E-state index >= 15 is 0 Å². The highest BCUT2D eigenvalue weighted by Crippen LogP contribution is 2.19. The first kappa shape index (κ1) is 14.9. The van der Waals surface area contributed by atoms with Gasteiger partial charge in [-0.2, -0.15) is 0 Å². The smallest absolute Gasteiger partial charge is 0.160 e. The van der Waals surface area contributed by atoms with Gasteiger partial charge >= 0.3 is 0 Å². The van der Waals surface area contributed by atoms with Crippen LogP contribution in [-0.4, -0.2) is 24.3 Å². The summed E-state index contributed by atoms with van der Waals surface area (Å²) >= 11 is 0. The quantitative estimate of drug-likeness (QED) is 0.605. The van der Waals surface area contributed by atoms with Crippen molar-refractivity contribution < 1.29 is 14.6 Å². The molecule has 3 unspecified atom stereocenters. The highest BCUT2D eigenvalue weighted by Gasteiger charge is 2.19. The second-order valence-corrected chi connectivity index (χ2v) is 3.86. The van der Waals surface area contributed by atoms with Gasteiger partial charge in [0.05, 0.1) is 0 Å². The van der Waals surface area contributed by atoms with Gasteiger partial charge < -0.3 is 14.6 Å². The number of aliphatic hydroxyl groups excluding tert-OH is 1. The summed E-state index contributed by atoms with van der Waals surface area (Å²) in [4.78, 5) is 0. The van der Waals surface area contributed by atoms with E-state index in [4.69, 9.17) is 9.47 Å². The van der Waals surface area contributed by atoms with Crippen LogP contribution in [0.25, 0.3) is 0 Å². The highest BCUT2D eigenvalue weighted by atomic mass is 16.7. The van der Waals surface area contributed by atoms with E-state index in [1.165, 1.54) is 0 Å². The van der Waals surface area contributed by atoms with Gasteiger partial charge in [0.25, 0.3) is 0 Å². The van der Waals surface area contributed by atoms with E-state index in [1.54, 1.807) is 0 Å². The fraction of sp³-hybridized carbons (Fsp3) is 1.00. The lowest BCUT2D eigenvalue weighted by molar-refractivity contribution is -0.237. The van der Waals surface area contributed by atoms with Gasteiger partial charge in [-0.1, -0.05) is 26.7 Å². The average Bonchev–Trinajstić information content (AvgIpc) is 2.19. The molecule has 0 aromatic carbocycles. The van der Waals surface area contributed by atoms with Crippen molar-refractivity contribution in [2.75, 3.05) is 6.61 Å². The first-order chi connectivity index (χ1) is 7.15. The van der Waals surface area contributed by atoms with E-state index < -0.39 is 6.29 Å². The van der Waals surface area contributed by atoms with Gasteiger partial charge in [-0.15, -0.1) is 0 Å². The molecule has 0 rings (SSSR count). The Labute approximate surface area is 93.8 Å². The topological polar surface area (TPSA) is 38.7 Å². The molecule has 0 saturated heterocycles. The Kier molecular flexibility index (Phi) is 9.06. The Morgan fingerprint density at radius 2 is 1.87 bits per heavy atom. The molecule has 15 heavy (non-hydrogen) atoms. The summed E-state index contributed by atoms with van der Waals surface area (Å²) in [6.45, 7) is 8.58. The number of aliphatic hydroxyl groups is 1. The maximum Gasteiger partial charge on any atom is 0.160 e. The first-order valence-corrected chi connectivity index (χ1v) is 6.10. The van der Waals surface area contributed by atoms with Gasteiger partial charge in [-0.3, -0.25) is 0 Å². The van der Waals surface area contributed by atoms with E-state index in [1.807, 2.05) is 13.8 Å². The zero-order valence-corrected chi connectivity index (χ0v) is 10.5. The number of hydrogen-bond donors (Lipinski definition) is 1. The molecule has 0 spiro atoms. The molecule has 0 amide bonds. The number of hydrogen-bond acceptors (Lipinski definition) is 3. The van der Waals surface area contributed by atoms with Crippen LogP contribution in [-0.2, 0) is 9.47 Å². The molecule has 0 aromatic heterocycles. The molecular formula is C12H26O3. The van der Waals surface area contributed by atoms with Crippen molar-refractivity contribution in [3.63, 3.8) is 0 Å². The van der Waals surface area contributed by atoms with Gasteiger partial charge in [0, 0.05) is 12.5 Å². The fourth-order valence-electron chi connectivity index (χ4n) is 1.60. The van der Waals surface area contributed by atoms with Crippen molar-refractivity contribution in [2.45, 2.75) is 66.0 Å². The molecule has 0 aliphatic carbocycles. The van der Waals surface area contributed by atoms with Crippen molar-refractivity contribution in [2.24, 2.45) is 5.92 Å². The van der Waals surface area contributed by atoms with Gasteiger partial charge in [-0.25, -0.2) is 0 Å².